The molecule has 160 valence electrons. The van der Waals surface area contributed by atoms with Crippen molar-refractivity contribution in [2.24, 2.45) is 5.92 Å². The molecule has 2 nitrogen and oxygen atoms in total. The number of hydrogen-bond acceptors (Lipinski definition) is 2. The van der Waals surface area contributed by atoms with E-state index in [1.54, 1.807) is 7.11 Å². The normalized spacial score (nSPS) is 10.0. The summed E-state index contributed by atoms with van der Waals surface area (Å²) in [5.74, 6) is 2.69. The summed E-state index contributed by atoms with van der Waals surface area (Å²) in [5, 5.41) is 0. The van der Waals surface area contributed by atoms with E-state index in [2.05, 4.69) is 26.8 Å². The summed E-state index contributed by atoms with van der Waals surface area (Å²) in [6.07, 6.45) is 3.72. The molecule has 1 unspecified atom stereocenters. The van der Waals surface area contributed by atoms with Crippen molar-refractivity contribution in [1.29, 1.82) is 0 Å². The van der Waals surface area contributed by atoms with E-state index in [4.69, 9.17) is 9.47 Å². The molecule has 0 saturated heterocycles. The van der Waals surface area contributed by atoms with Gasteiger partial charge in [-0.1, -0.05) is 90.8 Å². The minimum atomic E-state index is 0.703. The molecule has 0 spiro atoms. The monoisotopic (exact) mass is 388 g/mol. The molecule has 0 bridgehead atoms. The molecule has 2 heteroatoms. The number of para-hydroxylation sites is 2. The van der Waals surface area contributed by atoms with Gasteiger partial charge in [0.1, 0.15) is 11.5 Å². The third kappa shape index (κ3) is 12.4. The first-order chi connectivity index (χ1) is 13.6. The predicted octanol–water partition coefficient (Wildman–Crippen LogP) is 8.26. The highest BCUT2D eigenvalue weighted by atomic mass is 16.5. The maximum absolute atomic E-state index is 5.84. The van der Waals surface area contributed by atoms with Gasteiger partial charge in [0.15, 0.2) is 0 Å². The highest BCUT2D eigenvalue weighted by Gasteiger charge is 2.06. The van der Waals surface area contributed by atoms with Gasteiger partial charge >= 0.3 is 0 Å². The van der Waals surface area contributed by atoms with Crippen LogP contribution in [0.15, 0.2) is 48.5 Å². The van der Waals surface area contributed by atoms with Crippen LogP contribution in [0, 0.1) is 19.8 Å². The number of rotatable bonds is 7. The van der Waals surface area contributed by atoms with Gasteiger partial charge in [-0.15, -0.1) is 0 Å². The second-order valence-corrected chi connectivity index (χ2v) is 6.11. The van der Waals surface area contributed by atoms with Gasteiger partial charge in [0.2, 0.25) is 0 Å². The Balaban J connectivity index is 0. The zero-order chi connectivity index (χ0) is 21.8. The number of methoxy groups -OCH3 is 1. The summed E-state index contributed by atoms with van der Waals surface area (Å²) < 4.78 is 10.9. The van der Waals surface area contributed by atoms with Crippen molar-refractivity contribution in [3.63, 3.8) is 0 Å². The van der Waals surface area contributed by atoms with Crippen LogP contribution in [-0.2, 0) is 0 Å². The van der Waals surface area contributed by atoms with Gasteiger partial charge < -0.3 is 9.47 Å². The molecule has 2 aromatic carbocycles. The van der Waals surface area contributed by atoms with Crippen LogP contribution in [0.25, 0.3) is 0 Å². The van der Waals surface area contributed by atoms with Gasteiger partial charge in [0, 0.05) is 0 Å². The molecule has 0 aliphatic heterocycles. The van der Waals surface area contributed by atoms with E-state index in [1.807, 2.05) is 77.1 Å². The third-order valence-electron chi connectivity index (χ3n) is 4.16. The van der Waals surface area contributed by atoms with Crippen molar-refractivity contribution in [2.45, 2.75) is 74.7 Å². The van der Waals surface area contributed by atoms with Crippen molar-refractivity contribution < 1.29 is 9.47 Å². The van der Waals surface area contributed by atoms with Crippen molar-refractivity contribution in [3.8, 4) is 11.5 Å². The summed E-state index contributed by atoms with van der Waals surface area (Å²) in [6, 6.07) is 16.2. The number of hydrogen-bond donors (Lipinski definition) is 0. The molecule has 0 aliphatic rings. The van der Waals surface area contributed by atoms with E-state index >= 15 is 0 Å². The zero-order valence-corrected chi connectivity index (χ0v) is 19.8. The largest absolute Gasteiger partial charge is 0.496 e. The molecule has 0 heterocycles. The first-order valence-electron chi connectivity index (χ1n) is 10.9. The minimum Gasteiger partial charge on any atom is -0.496 e. The fourth-order valence-corrected chi connectivity index (χ4v) is 2.53. The fraction of sp³-hybridized carbons (Fsp3) is 0.538. The van der Waals surface area contributed by atoms with Crippen LogP contribution >= 0.6 is 0 Å². The molecule has 0 saturated carbocycles. The Morgan fingerprint density at radius 1 is 0.750 bits per heavy atom. The smallest absolute Gasteiger partial charge is 0.122 e. The lowest BCUT2D eigenvalue weighted by Crippen LogP contribution is -2.11. The zero-order valence-electron chi connectivity index (χ0n) is 19.8. The lowest BCUT2D eigenvalue weighted by atomic mass is 10.0. The second kappa shape index (κ2) is 19.8. The quantitative estimate of drug-likeness (QED) is 0.475. The Kier molecular flexibility index (Phi) is 20.0. The average molecular weight is 389 g/mol. The van der Waals surface area contributed by atoms with Gasteiger partial charge in [-0.2, -0.15) is 0 Å². The number of ether oxygens (including phenoxy) is 2. The van der Waals surface area contributed by atoms with Crippen LogP contribution < -0.4 is 9.47 Å². The van der Waals surface area contributed by atoms with Crippen LogP contribution in [0.1, 0.15) is 71.9 Å². The Labute approximate surface area is 175 Å². The Bertz CT molecular complexity index is 578. The first kappa shape index (κ1) is 28.3. The highest BCUT2D eigenvalue weighted by Crippen LogP contribution is 2.19. The number of aryl methyl sites for hydroxylation is 2. The molecule has 0 aliphatic carbocycles. The molecule has 0 aromatic heterocycles. The SMILES string of the molecule is CC.CC.CCCC(CC)COc1ccccc1C.COc1ccccc1C. The van der Waals surface area contributed by atoms with Gasteiger partial charge in [-0.3, -0.25) is 0 Å². The van der Waals surface area contributed by atoms with Crippen molar-refractivity contribution >= 4 is 0 Å². The van der Waals surface area contributed by atoms with E-state index in [1.165, 1.54) is 30.4 Å². The first-order valence-corrected chi connectivity index (χ1v) is 10.9. The predicted molar refractivity (Wildman–Crippen MR) is 126 cm³/mol. The van der Waals surface area contributed by atoms with Crippen LogP contribution in [0.3, 0.4) is 0 Å². The van der Waals surface area contributed by atoms with Gasteiger partial charge in [0.25, 0.3) is 0 Å². The van der Waals surface area contributed by atoms with Gasteiger partial charge in [0.05, 0.1) is 13.7 Å². The number of benzene rings is 2. The van der Waals surface area contributed by atoms with E-state index in [0.717, 1.165) is 18.1 Å². The topological polar surface area (TPSA) is 18.5 Å². The molecule has 1 atom stereocenters. The summed E-state index contributed by atoms with van der Waals surface area (Å²) in [6.45, 7) is 17.4. The Hall–Kier alpha value is -1.96. The van der Waals surface area contributed by atoms with Crippen LogP contribution in [0.4, 0.5) is 0 Å². The molecule has 2 aromatic rings. The van der Waals surface area contributed by atoms with E-state index < -0.39 is 0 Å². The van der Waals surface area contributed by atoms with Crippen molar-refractivity contribution in [1.82, 2.24) is 0 Å². The standard InChI is InChI=1S/C14H22O.C8H10O.2C2H6/c1-4-8-13(5-2)11-15-14-10-7-6-9-12(14)3;1-7-5-3-4-6-8(7)9-2;2*1-2/h6-7,9-10,13H,4-5,8,11H2,1-3H3;3-6H,1-2H3;2*1-2H3. The average Bonchev–Trinajstić information content (AvgIpc) is 2.76. The molecule has 0 radical (unpaired) electrons. The fourth-order valence-electron chi connectivity index (χ4n) is 2.53. The van der Waals surface area contributed by atoms with Crippen molar-refractivity contribution in [2.75, 3.05) is 13.7 Å². The molecule has 2 rings (SSSR count). The molecular formula is C26H44O2. The Morgan fingerprint density at radius 2 is 1.21 bits per heavy atom. The summed E-state index contributed by atoms with van der Waals surface area (Å²) in [4.78, 5) is 0. The molecular weight excluding hydrogens is 344 g/mol. The molecule has 28 heavy (non-hydrogen) atoms. The van der Waals surface area contributed by atoms with Gasteiger partial charge in [-0.05, 0) is 49.4 Å². The molecule has 0 N–H and O–H groups in total. The second-order valence-electron chi connectivity index (χ2n) is 6.11. The van der Waals surface area contributed by atoms with Crippen LogP contribution in [-0.4, -0.2) is 13.7 Å². The van der Waals surface area contributed by atoms with E-state index in [9.17, 15) is 0 Å². The van der Waals surface area contributed by atoms with E-state index in [0.29, 0.717) is 5.92 Å². The maximum Gasteiger partial charge on any atom is 0.122 e. The highest BCUT2D eigenvalue weighted by molar-refractivity contribution is 5.32. The lowest BCUT2D eigenvalue weighted by Gasteiger charge is -2.16. The summed E-state index contributed by atoms with van der Waals surface area (Å²) >= 11 is 0. The van der Waals surface area contributed by atoms with Crippen LogP contribution in [0.2, 0.25) is 0 Å². The van der Waals surface area contributed by atoms with Crippen LogP contribution in [0.5, 0.6) is 11.5 Å². The lowest BCUT2D eigenvalue weighted by molar-refractivity contribution is 0.234. The summed E-state index contributed by atoms with van der Waals surface area (Å²) in [7, 11) is 1.68. The minimum absolute atomic E-state index is 0.703. The Morgan fingerprint density at radius 3 is 1.57 bits per heavy atom. The molecule has 0 amide bonds. The summed E-state index contributed by atoms with van der Waals surface area (Å²) in [5.41, 5.74) is 2.41. The molecule has 0 fully saturated rings. The van der Waals surface area contributed by atoms with Crippen molar-refractivity contribution in [3.05, 3.63) is 59.7 Å². The maximum atomic E-state index is 5.84. The van der Waals surface area contributed by atoms with E-state index in [-0.39, 0.29) is 0 Å². The van der Waals surface area contributed by atoms with Gasteiger partial charge in [-0.25, -0.2) is 0 Å². The third-order valence-corrected chi connectivity index (χ3v) is 4.16.